The number of likely N-dealkylation sites (tertiary alicyclic amines) is 1. The Bertz CT molecular complexity index is 1890. The summed E-state index contributed by atoms with van der Waals surface area (Å²) < 4.78 is 0. The van der Waals surface area contributed by atoms with Gasteiger partial charge in [0.2, 0.25) is 23.6 Å². The number of piperazine rings is 1. The Balaban J connectivity index is 1.04. The van der Waals surface area contributed by atoms with Crippen molar-refractivity contribution in [1.82, 2.24) is 29.9 Å². The lowest BCUT2D eigenvalue weighted by Crippen LogP contribution is -2.64. The molecule has 4 bridgehead atoms. The van der Waals surface area contributed by atoms with Gasteiger partial charge in [-0.2, -0.15) is 0 Å². The van der Waals surface area contributed by atoms with E-state index in [2.05, 4.69) is 22.2 Å². The van der Waals surface area contributed by atoms with Gasteiger partial charge >= 0.3 is 0 Å². The van der Waals surface area contributed by atoms with Crippen molar-refractivity contribution < 1.29 is 24.3 Å². The van der Waals surface area contributed by atoms with Gasteiger partial charge < -0.3 is 35.0 Å². The average Bonchev–Trinajstić information content (AvgIpc) is 3.74. The van der Waals surface area contributed by atoms with Gasteiger partial charge in [-0.25, -0.2) is 0 Å². The number of carbonyl (C=O) groups is 4. The van der Waals surface area contributed by atoms with Gasteiger partial charge in [-0.05, 0) is 80.7 Å². The number of nitrogens with one attached hydrogen (secondary N) is 2. The molecule has 2 saturated heterocycles. The van der Waals surface area contributed by atoms with E-state index in [1.165, 1.54) is 0 Å². The smallest absolute Gasteiger partial charge is 0.245 e. The molecule has 12 heteroatoms. The molecular weight excluding hydrogens is 692 g/mol. The number of amides is 4. The Hall–Kier alpha value is -3.93. The SMILES string of the molecule is CN1CCN(C(=O)C23CC4CC(C2)CC(C(=O)N2C[C@H](O)CC2C(=O)NC(Cc2c[nH]c5ccccc25)C(=O)N(C)Cc2ccccc2Cl)(C4)C3)CC1. The zero-order chi connectivity index (χ0) is 37.1. The van der Waals surface area contributed by atoms with E-state index in [1.807, 2.05) is 53.6 Å². The van der Waals surface area contributed by atoms with Crippen molar-refractivity contribution in [2.45, 2.75) is 76.1 Å². The minimum absolute atomic E-state index is 0.0564. The molecule has 53 heavy (non-hydrogen) atoms. The number of aliphatic hydroxyl groups is 1. The zero-order valence-corrected chi connectivity index (χ0v) is 31.5. The summed E-state index contributed by atoms with van der Waals surface area (Å²) in [6.07, 6.45) is 5.97. The second-order valence-electron chi connectivity index (χ2n) is 16.9. The standard InChI is InChI=1S/C41H51ClN6O5/c1-45-11-13-47(14-12-45)38(52)40-18-26-15-27(19-40)21-41(20-26,25-40)39(53)48-24-30(49)17-35(48)36(50)44-34(16-29-22-43-33-10-6-4-8-31(29)33)37(51)46(2)23-28-7-3-5-9-32(28)42/h3-10,22,26-27,30,34-35,43,49H,11-21,23-25H2,1-2H3,(H,44,50)/t26?,27?,30-,34?,35?,40?,41?/m1/s1. The monoisotopic (exact) mass is 742 g/mol. The quantitative estimate of drug-likeness (QED) is 0.306. The van der Waals surface area contributed by atoms with Gasteiger partial charge in [0.1, 0.15) is 12.1 Å². The molecule has 3 aromatic rings. The number of para-hydroxylation sites is 1. The summed E-state index contributed by atoms with van der Waals surface area (Å²) in [6, 6.07) is 13.3. The van der Waals surface area contributed by atoms with Crippen LogP contribution < -0.4 is 5.32 Å². The highest BCUT2D eigenvalue weighted by Crippen LogP contribution is 2.66. The van der Waals surface area contributed by atoms with Crippen molar-refractivity contribution in [2.75, 3.05) is 46.8 Å². The van der Waals surface area contributed by atoms with Gasteiger partial charge in [0, 0.05) is 81.3 Å². The fourth-order valence-corrected chi connectivity index (χ4v) is 11.1. The third-order valence-corrected chi connectivity index (χ3v) is 13.4. The van der Waals surface area contributed by atoms with Crippen LogP contribution in [0.2, 0.25) is 5.02 Å². The largest absolute Gasteiger partial charge is 0.391 e. The normalized spacial score (nSPS) is 30.1. The van der Waals surface area contributed by atoms with Gasteiger partial charge in [-0.15, -0.1) is 0 Å². The van der Waals surface area contributed by atoms with Crippen molar-refractivity contribution in [3.05, 3.63) is 70.9 Å². The maximum atomic E-state index is 14.9. The van der Waals surface area contributed by atoms with E-state index >= 15 is 0 Å². The summed E-state index contributed by atoms with van der Waals surface area (Å²) in [5, 5.41) is 15.6. The first kappa shape index (κ1) is 36.1. The van der Waals surface area contributed by atoms with Crippen molar-refractivity contribution in [3.63, 3.8) is 0 Å². The van der Waals surface area contributed by atoms with Gasteiger partial charge in [0.15, 0.2) is 0 Å². The van der Waals surface area contributed by atoms with Crippen LogP contribution in [0.3, 0.4) is 0 Å². The summed E-state index contributed by atoms with van der Waals surface area (Å²) in [5.74, 6) is -0.0644. The molecule has 4 saturated carbocycles. The number of halogens is 1. The molecule has 3 heterocycles. The Morgan fingerprint density at radius 1 is 0.925 bits per heavy atom. The topological polar surface area (TPSA) is 129 Å². The number of hydrogen-bond acceptors (Lipinski definition) is 6. The van der Waals surface area contributed by atoms with Crippen LogP contribution in [-0.4, -0.2) is 118 Å². The van der Waals surface area contributed by atoms with E-state index in [1.54, 1.807) is 22.9 Å². The third-order valence-electron chi connectivity index (χ3n) is 13.1. The molecule has 11 nitrogen and oxygen atoms in total. The Kier molecular flexibility index (Phi) is 9.56. The highest BCUT2D eigenvalue weighted by atomic mass is 35.5. The van der Waals surface area contributed by atoms with Gasteiger partial charge in [0.25, 0.3) is 0 Å². The number of H-pyrrole nitrogens is 1. The Labute approximate surface area is 316 Å². The van der Waals surface area contributed by atoms with Crippen molar-refractivity contribution >= 4 is 46.1 Å². The number of aliphatic hydroxyl groups excluding tert-OH is 1. The minimum Gasteiger partial charge on any atom is -0.391 e. The predicted octanol–water partition coefficient (Wildman–Crippen LogP) is 3.83. The van der Waals surface area contributed by atoms with Crippen LogP contribution in [0.4, 0.5) is 0 Å². The molecule has 4 unspecified atom stereocenters. The number of nitrogens with zero attached hydrogens (tertiary/aromatic N) is 4. The molecule has 2 aromatic carbocycles. The Morgan fingerprint density at radius 2 is 1.58 bits per heavy atom. The first-order valence-corrected chi connectivity index (χ1v) is 19.6. The summed E-state index contributed by atoms with van der Waals surface area (Å²) in [6.45, 7) is 3.42. The summed E-state index contributed by atoms with van der Waals surface area (Å²) in [5.41, 5.74) is 1.32. The Morgan fingerprint density at radius 3 is 2.30 bits per heavy atom. The van der Waals surface area contributed by atoms with Crippen LogP contribution in [0.15, 0.2) is 54.7 Å². The molecule has 0 radical (unpaired) electrons. The van der Waals surface area contributed by atoms with E-state index in [0.29, 0.717) is 36.4 Å². The number of fused-ring (bicyclic) bond motifs is 1. The van der Waals surface area contributed by atoms with E-state index in [4.69, 9.17) is 11.6 Å². The molecule has 3 N–H and O–H groups in total. The molecule has 6 aliphatic rings. The molecule has 282 valence electrons. The predicted molar refractivity (Wildman–Crippen MR) is 202 cm³/mol. The summed E-state index contributed by atoms with van der Waals surface area (Å²) >= 11 is 6.45. The number of rotatable bonds is 9. The number of β-amino-alcohol motifs (C(OH)–C–C–N with tert-alkyl or cyclic N) is 1. The lowest BCUT2D eigenvalue weighted by Gasteiger charge is -2.61. The first-order chi connectivity index (χ1) is 25.4. The second kappa shape index (κ2) is 14.0. The van der Waals surface area contributed by atoms with E-state index < -0.39 is 34.9 Å². The van der Waals surface area contributed by atoms with E-state index in [9.17, 15) is 24.3 Å². The molecule has 9 rings (SSSR count). The van der Waals surface area contributed by atoms with Gasteiger partial charge in [-0.3, -0.25) is 19.2 Å². The van der Waals surface area contributed by atoms with E-state index in [0.717, 1.165) is 67.2 Å². The van der Waals surface area contributed by atoms with Crippen molar-refractivity contribution in [2.24, 2.45) is 22.7 Å². The van der Waals surface area contributed by atoms with E-state index in [-0.39, 0.29) is 43.7 Å². The number of aromatic amines is 1. The molecule has 1 aromatic heterocycles. The van der Waals surface area contributed by atoms with Gasteiger partial charge in [-0.1, -0.05) is 48.0 Å². The fourth-order valence-electron chi connectivity index (χ4n) is 10.9. The van der Waals surface area contributed by atoms with Crippen molar-refractivity contribution in [3.8, 4) is 0 Å². The first-order valence-electron chi connectivity index (χ1n) is 19.2. The molecule has 4 aliphatic carbocycles. The van der Waals surface area contributed by atoms with Crippen LogP contribution in [0, 0.1) is 22.7 Å². The minimum atomic E-state index is -0.937. The molecule has 2 aliphatic heterocycles. The second-order valence-corrected chi connectivity index (χ2v) is 17.3. The molecular formula is C41H51ClN6O5. The maximum Gasteiger partial charge on any atom is 0.245 e. The zero-order valence-electron chi connectivity index (χ0n) is 30.7. The molecule has 4 amide bonds. The number of carbonyl (C=O) groups excluding carboxylic acids is 4. The van der Waals surface area contributed by atoms with Crippen molar-refractivity contribution in [1.29, 1.82) is 0 Å². The lowest BCUT2D eigenvalue weighted by atomic mass is 9.43. The summed E-state index contributed by atoms with van der Waals surface area (Å²) in [7, 11) is 3.78. The fraction of sp³-hybridized carbons (Fsp3) is 0.561. The van der Waals surface area contributed by atoms with Crippen LogP contribution in [0.5, 0.6) is 0 Å². The third kappa shape index (κ3) is 6.74. The average molecular weight is 743 g/mol. The van der Waals surface area contributed by atoms with Gasteiger partial charge in [0.05, 0.1) is 16.9 Å². The molecule has 5 atom stereocenters. The maximum absolute atomic E-state index is 14.9. The highest BCUT2D eigenvalue weighted by Gasteiger charge is 2.65. The molecule has 6 fully saturated rings. The number of likely N-dealkylation sites (N-methyl/N-ethyl adjacent to an activating group) is 2. The number of benzene rings is 2. The lowest BCUT2D eigenvalue weighted by molar-refractivity contribution is -0.181. The van der Waals surface area contributed by atoms with Crippen LogP contribution in [0.25, 0.3) is 10.9 Å². The highest BCUT2D eigenvalue weighted by molar-refractivity contribution is 6.31. The number of hydrogen-bond donors (Lipinski definition) is 3. The molecule has 0 spiro atoms. The van der Waals surface area contributed by atoms with Crippen LogP contribution >= 0.6 is 11.6 Å². The summed E-state index contributed by atoms with van der Waals surface area (Å²) in [4.78, 5) is 68.5. The van der Waals surface area contributed by atoms with Crippen LogP contribution in [-0.2, 0) is 32.1 Å². The number of aromatic nitrogens is 1. The van der Waals surface area contributed by atoms with Crippen LogP contribution in [0.1, 0.15) is 56.1 Å².